The summed E-state index contributed by atoms with van der Waals surface area (Å²) in [5.41, 5.74) is 2.33. The molecule has 0 radical (unpaired) electrons. The summed E-state index contributed by atoms with van der Waals surface area (Å²) in [5.74, 6) is 1.51. The van der Waals surface area contributed by atoms with Crippen LogP contribution in [-0.4, -0.2) is 11.5 Å². The maximum atomic E-state index is 5.87. The molecule has 2 aromatic rings. The summed E-state index contributed by atoms with van der Waals surface area (Å²) in [6.45, 7) is 6.23. The second kappa shape index (κ2) is 8.42. The van der Waals surface area contributed by atoms with Crippen molar-refractivity contribution in [3.8, 4) is 11.6 Å². The fourth-order valence-electron chi connectivity index (χ4n) is 2.18. The quantitative estimate of drug-likeness (QED) is 0.733. The van der Waals surface area contributed by atoms with Crippen molar-refractivity contribution in [2.45, 2.75) is 39.7 Å². The van der Waals surface area contributed by atoms with Gasteiger partial charge in [0.25, 0.3) is 0 Å². The molecule has 0 bridgehead atoms. The van der Waals surface area contributed by atoms with Crippen LogP contribution in [0, 0.1) is 0 Å². The van der Waals surface area contributed by atoms with E-state index in [-0.39, 0.29) is 0 Å². The molecule has 0 saturated carbocycles. The lowest BCUT2D eigenvalue weighted by molar-refractivity contribution is 0.459. The first-order valence-electron chi connectivity index (χ1n) is 7.75. The molecule has 3 heteroatoms. The van der Waals surface area contributed by atoms with E-state index in [4.69, 9.17) is 4.74 Å². The van der Waals surface area contributed by atoms with Gasteiger partial charge in [0.2, 0.25) is 5.88 Å². The number of ether oxygens (including phenoxy) is 1. The van der Waals surface area contributed by atoms with Crippen LogP contribution in [0.4, 0.5) is 0 Å². The Bertz CT molecular complexity index is 540. The van der Waals surface area contributed by atoms with Gasteiger partial charge in [-0.15, -0.1) is 0 Å². The normalized spacial score (nSPS) is 10.6. The second-order valence-electron chi connectivity index (χ2n) is 5.15. The lowest BCUT2D eigenvalue weighted by Gasteiger charge is -2.10. The van der Waals surface area contributed by atoms with Crippen LogP contribution in [0.2, 0.25) is 0 Å². The molecule has 1 aromatic carbocycles. The van der Waals surface area contributed by atoms with Gasteiger partial charge in [0, 0.05) is 18.3 Å². The van der Waals surface area contributed by atoms with Crippen LogP contribution in [0.15, 0.2) is 42.5 Å². The molecule has 21 heavy (non-hydrogen) atoms. The van der Waals surface area contributed by atoms with Crippen molar-refractivity contribution in [3.63, 3.8) is 0 Å². The average molecular weight is 284 g/mol. The van der Waals surface area contributed by atoms with E-state index >= 15 is 0 Å². The number of nitrogens with one attached hydrogen (secondary N) is 1. The van der Waals surface area contributed by atoms with Gasteiger partial charge >= 0.3 is 0 Å². The molecule has 0 aliphatic carbocycles. The fraction of sp³-hybridized carbons (Fsp3) is 0.389. The van der Waals surface area contributed by atoms with Crippen LogP contribution in [0.25, 0.3) is 0 Å². The number of hydrogen-bond acceptors (Lipinski definition) is 3. The standard InChI is InChI=1S/C18H24N2O/c1-3-8-16-12-15(14-19-11-4-2)13-18(20-16)21-17-9-6-5-7-10-17/h5-7,9-10,12-13,19H,3-4,8,11,14H2,1-2H3. The van der Waals surface area contributed by atoms with Crippen molar-refractivity contribution < 1.29 is 4.74 Å². The fourth-order valence-corrected chi connectivity index (χ4v) is 2.18. The third-order valence-corrected chi connectivity index (χ3v) is 3.14. The highest BCUT2D eigenvalue weighted by Gasteiger charge is 2.05. The Morgan fingerprint density at radius 1 is 1.05 bits per heavy atom. The van der Waals surface area contributed by atoms with Gasteiger partial charge in [-0.05, 0) is 43.1 Å². The molecule has 0 aliphatic heterocycles. The minimum absolute atomic E-state index is 0.681. The molecule has 0 amide bonds. The predicted octanol–water partition coefficient (Wildman–Crippen LogP) is 4.33. The summed E-state index contributed by atoms with van der Waals surface area (Å²) in [5, 5.41) is 3.43. The Labute approximate surface area is 127 Å². The van der Waals surface area contributed by atoms with Gasteiger partial charge < -0.3 is 10.1 Å². The number of rotatable bonds is 8. The molecule has 0 atom stereocenters. The highest BCUT2D eigenvalue weighted by molar-refractivity contribution is 5.30. The van der Waals surface area contributed by atoms with E-state index < -0.39 is 0 Å². The van der Waals surface area contributed by atoms with Gasteiger partial charge in [0.1, 0.15) is 5.75 Å². The highest BCUT2D eigenvalue weighted by Crippen LogP contribution is 2.21. The van der Waals surface area contributed by atoms with E-state index in [1.165, 1.54) is 5.56 Å². The molecule has 1 N–H and O–H groups in total. The smallest absolute Gasteiger partial charge is 0.219 e. The van der Waals surface area contributed by atoms with Gasteiger partial charge in [-0.3, -0.25) is 0 Å². The SMILES string of the molecule is CCCNCc1cc(CCC)nc(Oc2ccccc2)c1. The third kappa shape index (κ3) is 5.20. The summed E-state index contributed by atoms with van der Waals surface area (Å²) in [4.78, 5) is 4.60. The Morgan fingerprint density at radius 3 is 2.57 bits per heavy atom. The molecule has 0 spiro atoms. The molecule has 0 saturated heterocycles. The topological polar surface area (TPSA) is 34.2 Å². The van der Waals surface area contributed by atoms with Crippen molar-refractivity contribution in [3.05, 3.63) is 53.7 Å². The maximum Gasteiger partial charge on any atom is 0.219 e. The van der Waals surface area contributed by atoms with Crippen molar-refractivity contribution in [1.82, 2.24) is 10.3 Å². The molecule has 112 valence electrons. The average Bonchev–Trinajstić information content (AvgIpc) is 2.49. The number of pyridine rings is 1. The van der Waals surface area contributed by atoms with Crippen LogP contribution in [0.3, 0.4) is 0 Å². The number of nitrogens with zero attached hydrogens (tertiary/aromatic N) is 1. The van der Waals surface area contributed by atoms with Crippen LogP contribution >= 0.6 is 0 Å². The summed E-state index contributed by atoms with van der Waals surface area (Å²) >= 11 is 0. The van der Waals surface area contributed by atoms with Gasteiger partial charge in [-0.25, -0.2) is 4.98 Å². The molecular weight excluding hydrogens is 260 g/mol. The monoisotopic (exact) mass is 284 g/mol. The molecule has 2 rings (SSSR count). The zero-order valence-electron chi connectivity index (χ0n) is 12.9. The van der Waals surface area contributed by atoms with Gasteiger partial charge in [0.15, 0.2) is 0 Å². The Kier molecular flexibility index (Phi) is 6.22. The zero-order valence-corrected chi connectivity index (χ0v) is 12.9. The zero-order chi connectivity index (χ0) is 14.9. The van der Waals surface area contributed by atoms with Gasteiger partial charge in [0.05, 0.1) is 0 Å². The summed E-state index contributed by atoms with van der Waals surface area (Å²) in [6, 6.07) is 14.0. The van der Waals surface area contributed by atoms with Gasteiger partial charge in [-0.2, -0.15) is 0 Å². The molecule has 0 unspecified atom stereocenters. The van der Waals surface area contributed by atoms with Crippen molar-refractivity contribution >= 4 is 0 Å². The first-order valence-corrected chi connectivity index (χ1v) is 7.75. The summed E-state index contributed by atoms with van der Waals surface area (Å²) < 4.78 is 5.87. The number of hydrogen-bond donors (Lipinski definition) is 1. The predicted molar refractivity (Wildman–Crippen MR) is 86.7 cm³/mol. The van der Waals surface area contributed by atoms with Crippen LogP contribution in [0.5, 0.6) is 11.6 Å². The van der Waals surface area contributed by atoms with E-state index in [9.17, 15) is 0 Å². The molecule has 3 nitrogen and oxygen atoms in total. The summed E-state index contributed by atoms with van der Waals surface area (Å²) in [7, 11) is 0. The second-order valence-corrected chi connectivity index (χ2v) is 5.15. The Balaban J connectivity index is 2.14. The number of para-hydroxylation sites is 1. The molecule has 1 heterocycles. The number of aryl methyl sites for hydroxylation is 1. The lowest BCUT2D eigenvalue weighted by atomic mass is 10.1. The van der Waals surface area contributed by atoms with E-state index in [0.29, 0.717) is 5.88 Å². The third-order valence-electron chi connectivity index (χ3n) is 3.14. The van der Waals surface area contributed by atoms with Gasteiger partial charge in [-0.1, -0.05) is 38.5 Å². The van der Waals surface area contributed by atoms with Crippen LogP contribution < -0.4 is 10.1 Å². The molecule has 0 aliphatic rings. The minimum Gasteiger partial charge on any atom is -0.439 e. The molecule has 1 aromatic heterocycles. The van der Waals surface area contributed by atoms with Crippen LogP contribution in [-0.2, 0) is 13.0 Å². The first kappa shape index (κ1) is 15.5. The first-order chi connectivity index (χ1) is 10.3. The molecule has 0 fully saturated rings. The lowest BCUT2D eigenvalue weighted by Crippen LogP contribution is -2.14. The highest BCUT2D eigenvalue weighted by atomic mass is 16.5. The van der Waals surface area contributed by atoms with Crippen LogP contribution in [0.1, 0.15) is 37.9 Å². The number of aromatic nitrogens is 1. The number of benzene rings is 1. The van der Waals surface area contributed by atoms with E-state index in [1.54, 1.807) is 0 Å². The Hall–Kier alpha value is -1.87. The van der Waals surface area contributed by atoms with Crippen molar-refractivity contribution in [2.75, 3.05) is 6.54 Å². The Morgan fingerprint density at radius 2 is 1.86 bits per heavy atom. The van der Waals surface area contributed by atoms with E-state index in [0.717, 1.165) is 43.8 Å². The summed E-state index contributed by atoms with van der Waals surface area (Å²) in [6.07, 6.45) is 3.21. The minimum atomic E-state index is 0.681. The van der Waals surface area contributed by atoms with E-state index in [1.807, 2.05) is 36.4 Å². The molecular formula is C18H24N2O. The maximum absolute atomic E-state index is 5.87. The largest absolute Gasteiger partial charge is 0.439 e. The van der Waals surface area contributed by atoms with Crippen molar-refractivity contribution in [1.29, 1.82) is 0 Å². The van der Waals surface area contributed by atoms with Crippen molar-refractivity contribution in [2.24, 2.45) is 0 Å². The van der Waals surface area contributed by atoms with E-state index in [2.05, 4.69) is 30.2 Å².